The number of urea groups is 1. The highest BCUT2D eigenvalue weighted by atomic mass is 16.6. The van der Waals surface area contributed by atoms with Gasteiger partial charge < -0.3 is 25.6 Å². The normalized spacial score (nSPS) is 19.7. The largest absolute Gasteiger partial charge is 0.444 e. The molecule has 0 aromatic heterocycles. The molecule has 3 amide bonds. The van der Waals surface area contributed by atoms with Gasteiger partial charge in [-0.1, -0.05) is 0 Å². The van der Waals surface area contributed by atoms with Crippen LogP contribution < -0.4 is 11.1 Å². The molecule has 1 fully saturated rings. The van der Waals surface area contributed by atoms with Gasteiger partial charge in [0.1, 0.15) is 5.60 Å². The zero-order valence-electron chi connectivity index (χ0n) is 13.7. The second-order valence-electron chi connectivity index (χ2n) is 6.61. The SMILES string of the molecule is CC(C)NC(=O)N1CCN(C(=O)OC(C)(C)C)CC1CN. The molecule has 3 N–H and O–H groups in total. The number of amides is 3. The quantitative estimate of drug-likeness (QED) is 0.796. The molecule has 1 heterocycles. The summed E-state index contributed by atoms with van der Waals surface area (Å²) in [6.07, 6.45) is -0.357. The van der Waals surface area contributed by atoms with Gasteiger partial charge in [0.25, 0.3) is 0 Å². The van der Waals surface area contributed by atoms with E-state index in [4.69, 9.17) is 10.5 Å². The van der Waals surface area contributed by atoms with Gasteiger partial charge in [0.05, 0.1) is 6.04 Å². The molecule has 1 aliphatic heterocycles. The second kappa shape index (κ2) is 6.98. The van der Waals surface area contributed by atoms with Crippen molar-refractivity contribution >= 4 is 12.1 Å². The van der Waals surface area contributed by atoms with Crippen molar-refractivity contribution in [1.82, 2.24) is 15.1 Å². The highest BCUT2D eigenvalue weighted by Crippen LogP contribution is 2.15. The van der Waals surface area contributed by atoms with Crippen molar-refractivity contribution < 1.29 is 14.3 Å². The molecule has 1 saturated heterocycles. The number of nitrogens with two attached hydrogens (primary N) is 1. The maximum absolute atomic E-state index is 12.1. The first-order valence-electron chi connectivity index (χ1n) is 7.39. The Morgan fingerprint density at radius 1 is 1.33 bits per heavy atom. The standard InChI is InChI=1S/C14H28N4O3/c1-10(2)16-12(19)18-7-6-17(9-11(18)8-15)13(20)21-14(3,4)5/h10-11H,6-9,15H2,1-5H3,(H,16,19). The van der Waals surface area contributed by atoms with E-state index < -0.39 is 5.60 Å². The Hall–Kier alpha value is -1.50. The van der Waals surface area contributed by atoms with Crippen LogP contribution in [0.2, 0.25) is 0 Å². The fourth-order valence-corrected chi connectivity index (χ4v) is 2.15. The Labute approximate surface area is 126 Å². The van der Waals surface area contributed by atoms with Crippen molar-refractivity contribution in [1.29, 1.82) is 0 Å². The fraction of sp³-hybridized carbons (Fsp3) is 0.857. The summed E-state index contributed by atoms with van der Waals surface area (Å²) >= 11 is 0. The van der Waals surface area contributed by atoms with Crippen LogP contribution in [0.15, 0.2) is 0 Å². The number of ether oxygens (including phenoxy) is 1. The zero-order valence-corrected chi connectivity index (χ0v) is 13.7. The van der Waals surface area contributed by atoms with E-state index in [1.807, 2.05) is 34.6 Å². The lowest BCUT2D eigenvalue weighted by atomic mass is 10.1. The van der Waals surface area contributed by atoms with Gasteiger partial charge in [0.15, 0.2) is 0 Å². The number of rotatable bonds is 2. The molecule has 122 valence electrons. The summed E-state index contributed by atoms with van der Waals surface area (Å²) in [7, 11) is 0. The lowest BCUT2D eigenvalue weighted by Crippen LogP contribution is -2.61. The number of hydrogen-bond donors (Lipinski definition) is 2. The summed E-state index contributed by atoms with van der Waals surface area (Å²) in [6, 6.07) is -0.255. The monoisotopic (exact) mass is 300 g/mol. The van der Waals surface area contributed by atoms with Gasteiger partial charge in [-0.2, -0.15) is 0 Å². The van der Waals surface area contributed by atoms with Crippen LogP contribution >= 0.6 is 0 Å². The second-order valence-corrected chi connectivity index (χ2v) is 6.61. The zero-order chi connectivity index (χ0) is 16.2. The number of carbonyl (C=O) groups excluding carboxylic acids is 2. The number of nitrogens with zero attached hydrogens (tertiary/aromatic N) is 2. The van der Waals surface area contributed by atoms with E-state index in [0.717, 1.165) is 0 Å². The predicted molar refractivity (Wildman–Crippen MR) is 81.0 cm³/mol. The lowest BCUT2D eigenvalue weighted by Gasteiger charge is -2.41. The van der Waals surface area contributed by atoms with Crippen molar-refractivity contribution in [3.8, 4) is 0 Å². The molecule has 0 bridgehead atoms. The third-order valence-corrected chi connectivity index (χ3v) is 3.08. The predicted octanol–water partition coefficient (Wildman–Crippen LogP) is 0.984. The van der Waals surface area contributed by atoms with E-state index in [9.17, 15) is 9.59 Å². The molecule has 1 unspecified atom stereocenters. The molecule has 0 aromatic rings. The topological polar surface area (TPSA) is 87.9 Å². The third kappa shape index (κ3) is 5.41. The summed E-state index contributed by atoms with van der Waals surface area (Å²) in [5, 5.41) is 2.86. The minimum absolute atomic E-state index is 0.0693. The van der Waals surface area contributed by atoms with Crippen LogP contribution in [-0.4, -0.2) is 65.8 Å². The summed E-state index contributed by atoms with van der Waals surface area (Å²) in [5.74, 6) is 0. The molecule has 0 aromatic carbocycles. The van der Waals surface area contributed by atoms with E-state index in [0.29, 0.717) is 26.2 Å². The number of piperazine rings is 1. The average Bonchev–Trinajstić information content (AvgIpc) is 2.35. The van der Waals surface area contributed by atoms with Crippen LogP contribution in [0.4, 0.5) is 9.59 Å². The Kier molecular flexibility index (Phi) is 5.83. The maximum atomic E-state index is 12.1. The van der Waals surface area contributed by atoms with Gasteiger partial charge in [0, 0.05) is 32.2 Å². The van der Waals surface area contributed by atoms with Crippen LogP contribution in [0.3, 0.4) is 0 Å². The van der Waals surface area contributed by atoms with Crippen LogP contribution in [-0.2, 0) is 4.74 Å². The molecule has 7 nitrogen and oxygen atoms in total. The molecule has 0 saturated carbocycles. The first-order chi connectivity index (χ1) is 9.64. The van der Waals surface area contributed by atoms with Crippen molar-refractivity contribution in [2.45, 2.75) is 52.3 Å². The number of nitrogens with one attached hydrogen (secondary N) is 1. The van der Waals surface area contributed by atoms with Crippen LogP contribution in [0.5, 0.6) is 0 Å². The van der Waals surface area contributed by atoms with E-state index in [1.54, 1.807) is 9.80 Å². The van der Waals surface area contributed by atoms with Crippen LogP contribution in [0.25, 0.3) is 0 Å². The smallest absolute Gasteiger partial charge is 0.410 e. The van der Waals surface area contributed by atoms with E-state index >= 15 is 0 Å². The maximum Gasteiger partial charge on any atom is 0.410 e. The van der Waals surface area contributed by atoms with Gasteiger partial charge in [0.2, 0.25) is 0 Å². The Balaban J connectivity index is 2.64. The van der Waals surface area contributed by atoms with Crippen LogP contribution in [0.1, 0.15) is 34.6 Å². The molecule has 1 atom stereocenters. The first-order valence-corrected chi connectivity index (χ1v) is 7.39. The Bertz CT molecular complexity index is 379. The van der Waals surface area contributed by atoms with Crippen molar-refractivity contribution in [2.75, 3.05) is 26.2 Å². The highest BCUT2D eigenvalue weighted by molar-refractivity contribution is 5.75. The molecular weight excluding hydrogens is 272 g/mol. The molecular formula is C14H28N4O3. The van der Waals surface area contributed by atoms with E-state index in [2.05, 4.69) is 5.32 Å². The molecule has 1 rings (SSSR count). The van der Waals surface area contributed by atoms with Crippen molar-refractivity contribution in [3.63, 3.8) is 0 Å². The van der Waals surface area contributed by atoms with Crippen molar-refractivity contribution in [3.05, 3.63) is 0 Å². The molecule has 7 heteroatoms. The van der Waals surface area contributed by atoms with Crippen molar-refractivity contribution in [2.24, 2.45) is 5.73 Å². The lowest BCUT2D eigenvalue weighted by molar-refractivity contribution is 0.00968. The van der Waals surface area contributed by atoms with Gasteiger partial charge in [-0.15, -0.1) is 0 Å². The first kappa shape index (κ1) is 17.6. The Morgan fingerprint density at radius 2 is 1.95 bits per heavy atom. The van der Waals surface area contributed by atoms with E-state index in [-0.39, 0.29) is 24.2 Å². The third-order valence-electron chi connectivity index (χ3n) is 3.08. The van der Waals surface area contributed by atoms with Gasteiger partial charge in [-0.05, 0) is 34.6 Å². The average molecular weight is 300 g/mol. The number of carbonyl (C=O) groups is 2. The van der Waals surface area contributed by atoms with Crippen LogP contribution in [0, 0.1) is 0 Å². The van der Waals surface area contributed by atoms with Gasteiger partial charge >= 0.3 is 12.1 Å². The van der Waals surface area contributed by atoms with Gasteiger partial charge in [-0.25, -0.2) is 9.59 Å². The summed E-state index contributed by atoms with van der Waals surface area (Å²) in [6.45, 7) is 10.9. The molecule has 21 heavy (non-hydrogen) atoms. The molecule has 0 aliphatic carbocycles. The summed E-state index contributed by atoms with van der Waals surface area (Å²) in [4.78, 5) is 27.5. The highest BCUT2D eigenvalue weighted by Gasteiger charge is 2.33. The summed E-state index contributed by atoms with van der Waals surface area (Å²) < 4.78 is 5.36. The minimum Gasteiger partial charge on any atom is -0.444 e. The van der Waals surface area contributed by atoms with Gasteiger partial charge in [-0.3, -0.25) is 0 Å². The Morgan fingerprint density at radius 3 is 2.43 bits per heavy atom. The van der Waals surface area contributed by atoms with E-state index in [1.165, 1.54) is 0 Å². The summed E-state index contributed by atoms with van der Waals surface area (Å²) in [5.41, 5.74) is 5.23. The minimum atomic E-state index is -0.526. The molecule has 0 spiro atoms. The molecule has 1 aliphatic rings. The fourth-order valence-electron chi connectivity index (χ4n) is 2.15. The number of hydrogen-bond acceptors (Lipinski definition) is 4. The molecule has 0 radical (unpaired) electrons.